The summed E-state index contributed by atoms with van der Waals surface area (Å²) in [5.74, 6) is -0.464. The number of aryl methyl sites for hydroxylation is 1. The van der Waals surface area contributed by atoms with E-state index in [9.17, 15) is 14.4 Å². The average Bonchev–Trinajstić information content (AvgIpc) is 3.22. The molecule has 3 rings (SSSR count). The summed E-state index contributed by atoms with van der Waals surface area (Å²) in [5.41, 5.74) is -0.214. The Bertz CT molecular complexity index is 912. The van der Waals surface area contributed by atoms with Crippen LogP contribution in [0.15, 0.2) is 34.9 Å². The second kappa shape index (κ2) is 6.96. The molecule has 1 fully saturated rings. The summed E-state index contributed by atoms with van der Waals surface area (Å²) < 4.78 is 10.5. The van der Waals surface area contributed by atoms with E-state index in [0.717, 1.165) is 10.5 Å². The minimum Gasteiger partial charge on any atom is -0.495 e. The molecule has 2 heterocycles. The highest BCUT2D eigenvalue weighted by Gasteiger charge is 2.51. The largest absolute Gasteiger partial charge is 0.495 e. The van der Waals surface area contributed by atoms with Crippen molar-refractivity contribution in [3.63, 3.8) is 0 Å². The smallest absolute Gasteiger partial charge is 0.325 e. The maximum Gasteiger partial charge on any atom is 0.325 e. The summed E-state index contributed by atoms with van der Waals surface area (Å²) in [6, 6.07) is 5.76. The first-order chi connectivity index (χ1) is 12.8. The number of methoxy groups -OCH3 is 1. The van der Waals surface area contributed by atoms with Gasteiger partial charge in [-0.25, -0.2) is 4.79 Å². The molecular formula is C18H18ClN3O5. The summed E-state index contributed by atoms with van der Waals surface area (Å²) in [4.78, 5) is 38.2. The van der Waals surface area contributed by atoms with E-state index in [1.807, 2.05) is 0 Å². The molecular weight excluding hydrogens is 374 g/mol. The standard InChI is InChI=1S/C18H18ClN3O5/c1-10-7-12(13(26-3)8-11(10)19)20-15(23)9-22-16(24)18(2,21-17(22)25)14-5-4-6-27-14/h4-8H,9H2,1-3H3,(H,20,23)(H,21,25). The first kappa shape index (κ1) is 18.8. The number of anilines is 1. The van der Waals surface area contributed by atoms with Gasteiger partial charge in [-0.1, -0.05) is 11.6 Å². The van der Waals surface area contributed by atoms with Gasteiger partial charge in [0, 0.05) is 11.1 Å². The molecule has 2 N–H and O–H groups in total. The fraction of sp³-hybridized carbons (Fsp3) is 0.278. The minimum absolute atomic E-state index is 0.291. The zero-order chi connectivity index (χ0) is 19.8. The van der Waals surface area contributed by atoms with Gasteiger partial charge < -0.3 is 19.8 Å². The van der Waals surface area contributed by atoms with E-state index in [1.165, 1.54) is 20.3 Å². The highest BCUT2D eigenvalue weighted by molar-refractivity contribution is 6.31. The fourth-order valence-electron chi connectivity index (χ4n) is 2.83. The number of nitrogens with zero attached hydrogens (tertiary/aromatic N) is 1. The van der Waals surface area contributed by atoms with Gasteiger partial charge in [0.1, 0.15) is 18.1 Å². The fourth-order valence-corrected chi connectivity index (χ4v) is 2.99. The Morgan fingerprint density at radius 3 is 2.78 bits per heavy atom. The van der Waals surface area contributed by atoms with Crippen molar-refractivity contribution in [2.75, 3.05) is 19.0 Å². The lowest BCUT2D eigenvalue weighted by molar-refractivity contribution is -0.134. The van der Waals surface area contributed by atoms with Crippen LogP contribution >= 0.6 is 11.6 Å². The van der Waals surface area contributed by atoms with Crippen LogP contribution in [0.1, 0.15) is 18.2 Å². The van der Waals surface area contributed by atoms with Crippen molar-refractivity contribution in [1.82, 2.24) is 10.2 Å². The predicted octanol–water partition coefficient (Wildman–Crippen LogP) is 2.66. The minimum atomic E-state index is -1.35. The van der Waals surface area contributed by atoms with E-state index in [4.69, 9.17) is 20.8 Å². The van der Waals surface area contributed by atoms with Crippen LogP contribution in [0.4, 0.5) is 10.5 Å². The summed E-state index contributed by atoms with van der Waals surface area (Å²) >= 11 is 6.05. The Hall–Kier alpha value is -3.00. The molecule has 0 radical (unpaired) electrons. The molecule has 0 bridgehead atoms. The van der Waals surface area contributed by atoms with Gasteiger partial charge in [-0.15, -0.1) is 0 Å². The van der Waals surface area contributed by atoms with Crippen LogP contribution in [0.2, 0.25) is 5.02 Å². The van der Waals surface area contributed by atoms with Crippen LogP contribution in [-0.2, 0) is 15.1 Å². The number of carbonyl (C=O) groups excluding carboxylic acids is 3. The van der Waals surface area contributed by atoms with Gasteiger partial charge in [0.05, 0.1) is 19.1 Å². The molecule has 9 heteroatoms. The number of hydrogen-bond donors (Lipinski definition) is 2. The number of hydrogen-bond acceptors (Lipinski definition) is 5. The molecule has 0 aliphatic carbocycles. The number of amides is 4. The Balaban J connectivity index is 1.76. The molecule has 0 saturated carbocycles. The number of imide groups is 1. The predicted molar refractivity (Wildman–Crippen MR) is 97.7 cm³/mol. The van der Waals surface area contributed by atoms with E-state index in [0.29, 0.717) is 22.2 Å². The Labute approximate surface area is 160 Å². The molecule has 1 aromatic heterocycles. The van der Waals surface area contributed by atoms with Crippen LogP contribution in [-0.4, -0.2) is 36.4 Å². The van der Waals surface area contributed by atoms with Crippen LogP contribution in [0, 0.1) is 6.92 Å². The highest BCUT2D eigenvalue weighted by atomic mass is 35.5. The SMILES string of the molecule is COc1cc(Cl)c(C)cc1NC(=O)CN1C(=O)NC(C)(c2ccco2)C1=O. The van der Waals surface area contributed by atoms with Crippen molar-refractivity contribution in [2.24, 2.45) is 0 Å². The lowest BCUT2D eigenvalue weighted by atomic mass is 9.99. The Morgan fingerprint density at radius 1 is 1.41 bits per heavy atom. The number of carbonyl (C=O) groups is 3. The third kappa shape index (κ3) is 3.35. The van der Waals surface area contributed by atoms with Crippen LogP contribution in [0.25, 0.3) is 0 Å². The monoisotopic (exact) mass is 391 g/mol. The molecule has 1 saturated heterocycles. The summed E-state index contributed by atoms with van der Waals surface area (Å²) in [6.07, 6.45) is 1.41. The zero-order valence-corrected chi connectivity index (χ0v) is 15.7. The van der Waals surface area contributed by atoms with Gasteiger partial charge in [0.15, 0.2) is 5.54 Å². The number of furan rings is 1. The van der Waals surface area contributed by atoms with Crippen molar-refractivity contribution < 1.29 is 23.5 Å². The normalized spacial score (nSPS) is 19.2. The van der Waals surface area contributed by atoms with Crippen LogP contribution in [0.3, 0.4) is 0 Å². The summed E-state index contributed by atoms with van der Waals surface area (Å²) in [7, 11) is 1.45. The lowest BCUT2D eigenvalue weighted by Crippen LogP contribution is -2.41. The molecule has 1 aromatic carbocycles. The number of benzene rings is 1. The number of urea groups is 1. The molecule has 4 amide bonds. The van der Waals surface area contributed by atoms with E-state index in [2.05, 4.69) is 10.6 Å². The van der Waals surface area contributed by atoms with Gasteiger partial charge in [-0.05, 0) is 37.6 Å². The molecule has 0 spiro atoms. The maximum atomic E-state index is 12.7. The third-order valence-corrected chi connectivity index (χ3v) is 4.75. The number of rotatable bonds is 5. The molecule has 27 heavy (non-hydrogen) atoms. The second-order valence-electron chi connectivity index (χ2n) is 6.27. The molecule has 2 aromatic rings. The second-order valence-corrected chi connectivity index (χ2v) is 6.68. The van der Waals surface area contributed by atoms with Crippen molar-refractivity contribution in [3.8, 4) is 5.75 Å². The Kier molecular flexibility index (Phi) is 4.84. The van der Waals surface area contributed by atoms with Gasteiger partial charge in [0.2, 0.25) is 5.91 Å². The van der Waals surface area contributed by atoms with Crippen molar-refractivity contribution in [2.45, 2.75) is 19.4 Å². The number of nitrogens with one attached hydrogen (secondary N) is 2. The molecule has 1 unspecified atom stereocenters. The zero-order valence-electron chi connectivity index (χ0n) is 15.0. The molecule has 1 atom stereocenters. The summed E-state index contributed by atoms with van der Waals surface area (Å²) in [6.45, 7) is 2.85. The van der Waals surface area contributed by atoms with E-state index < -0.39 is 29.9 Å². The van der Waals surface area contributed by atoms with Gasteiger partial charge in [0.25, 0.3) is 5.91 Å². The van der Waals surface area contributed by atoms with E-state index >= 15 is 0 Å². The third-order valence-electron chi connectivity index (χ3n) is 4.35. The quantitative estimate of drug-likeness (QED) is 0.763. The van der Waals surface area contributed by atoms with Gasteiger partial charge in [-0.3, -0.25) is 14.5 Å². The maximum absolute atomic E-state index is 12.7. The number of ether oxygens (including phenoxy) is 1. The first-order valence-electron chi connectivity index (χ1n) is 8.08. The highest BCUT2D eigenvalue weighted by Crippen LogP contribution is 2.32. The van der Waals surface area contributed by atoms with E-state index in [-0.39, 0.29) is 0 Å². The van der Waals surface area contributed by atoms with Gasteiger partial charge >= 0.3 is 6.03 Å². The number of halogens is 1. The van der Waals surface area contributed by atoms with Crippen molar-refractivity contribution in [3.05, 3.63) is 46.9 Å². The van der Waals surface area contributed by atoms with E-state index in [1.54, 1.807) is 31.2 Å². The molecule has 1 aliphatic heterocycles. The molecule has 142 valence electrons. The van der Waals surface area contributed by atoms with Gasteiger partial charge in [-0.2, -0.15) is 0 Å². The lowest BCUT2D eigenvalue weighted by Gasteiger charge is -2.19. The molecule has 1 aliphatic rings. The average molecular weight is 392 g/mol. The van der Waals surface area contributed by atoms with Crippen LogP contribution < -0.4 is 15.4 Å². The Morgan fingerprint density at radius 2 is 2.15 bits per heavy atom. The topological polar surface area (TPSA) is 101 Å². The van der Waals surface area contributed by atoms with Crippen molar-refractivity contribution in [1.29, 1.82) is 0 Å². The first-order valence-corrected chi connectivity index (χ1v) is 8.46. The molecule has 8 nitrogen and oxygen atoms in total. The van der Waals surface area contributed by atoms with Crippen molar-refractivity contribution >= 4 is 35.1 Å². The summed E-state index contributed by atoms with van der Waals surface area (Å²) in [5, 5.41) is 5.70. The van der Waals surface area contributed by atoms with Crippen LogP contribution in [0.5, 0.6) is 5.75 Å².